The molecule has 1 aliphatic rings. The Hall–Kier alpha value is -2.62. The van der Waals surface area contributed by atoms with E-state index in [1.54, 1.807) is 19.3 Å². The van der Waals surface area contributed by atoms with Crippen LogP contribution in [0, 0.1) is 11.3 Å². The van der Waals surface area contributed by atoms with Crippen molar-refractivity contribution in [2.45, 2.75) is 32.2 Å². The molecular formula is C17H24N6O. The second kappa shape index (κ2) is 8.29. The van der Waals surface area contributed by atoms with Crippen molar-refractivity contribution in [1.82, 2.24) is 9.88 Å². The van der Waals surface area contributed by atoms with Gasteiger partial charge in [0.25, 0.3) is 0 Å². The number of aromatic nitrogens is 1. The van der Waals surface area contributed by atoms with Crippen LogP contribution in [0.25, 0.3) is 0 Å². The zero-order valence-electron chi connectivity index (χ0n) is 14.3. The maximum Gasteiger partial charge on any atom is 0.222 e. The van der Waals surface area contributed by atoms with E-state index < -0.39 is 0 Å². The average molecular weight is 328 g/mol. The van der Waals surface area contributed by atoms with Gasteiger partial charge in [0.15, 0.2) is 0 Å². The molecule has 1 unspecified atom stereocenters. The molecule has 128 valence electrons. The molecule has 0 aromatic carbocycles. The number of nitriles is 1. The minimum Gasteiger partial charge on any atom is -0.387 e. The van der Waals surface area contributed by atoms with Gasteiger partial charge in [0, 0.05) is 51.8 Å². The van der Waals surface area contributed by atoms with Crippen molar-refractivity contribution in [3.8, 4) is 6.07 Å². The molecule has 1 aliphatic heterocycles. The fraction of sp³-hybridized carbons (Fsp3) is 0.529. The summed E-state index contributed by atoms with van der Waals surface area (Å²) >= 11 is 0. The average Bonchev–Trinajstić information content (AvgIpc) is 2.61. The van der Waals surface area contributed by atoms with Gasteiger partial charge in [0.05, 0.1) is 11.4 Å². The van der Waals surface area contributed by atoms with Gasteiger partial charge in [-0.3, -0.25) is 9.79 Å². The van der Waals surface area contributed by atoms with E-state index in [9.17, 15) is 4.79 Å². The van der Waals surface area contributed by atoms with Crippen LogP contribution in [0.4, 0.5) is 5.82 Å². The summed E-state index contributed by atoms with van der Waals surface area (Å²) in [7, 11) is 1.66. The van der Waals surface area contributed by atoms with E-state index in [-0.39, 0.29) is 11.9 Å². The van der Waals surface area contributed by atoms with Gasteiger partial charge in [-0.15, -0.1) is 0 Å². The van der Waals surface area contributed by atoms with Gasteiger partial charge in [0.1, 0.15) is 11.9 Å². The lowest BCUT2D eigenvalue weighted by Gasteiger charge is -2.40. The van der Waals surface area contributed by atoms with Gasteiger partial charge in [-0.1, -0.05) is 0 Å². The number of rotatable bonds is 5. The molecule has 1 aromatic heterocycles. The lowest BCUT2D eigenvalue weighted by atomic mass is 10.1. The molecule has 0 aliphatic carbocycles. The van der Waals surface area contributed by atoms with Crippen LogP contribution in [0.3, 0.4) is 0 Å². The molecule has 1 amide bonds. The van der Waals surface area contributed by atoms with Crippen molar-refractivity contribution in [2.75, 3.05) is 31.6 Å². The molecule has 7 nitrogen and oxygen atoms in total. The number of amidine groups is 1. The van der Waals surface area contributed by atoms with Crippen LogP contribution in [-0.2, 0) is 4.79 Å². The number of piperazine rings is 1. The largest absolute Gasteiger partial charge is 0.387 e. The smallest absolute Gasteiger partial charge is 0.222 e. The van der Waals surface area contributed by atoms with E-state index in [4.69, 9.17) is 11.0 Å². The fourth-order valence-corrected chi connectivity index (χ4v) is 2.85. The van der Waals surface area contributed by atoms with Crippen LogP contribution in [0.2, 0.25) is 0 Å². The normalized spacial score (nSPS) is 18.4. The minimum absolute atomic E-state index is 0.126. The summed E-state index contributed by atoms with van der Waals surface area (Å²) in [5.41, 5.74) is 6.21. The van der Waals surface area contributed by atoms with Crippen molar-refractivity contribution in [1.29, 1.82) is 5.26 Å². The Labute approximate surface area is 142 Å². The number of anilines is 1. The first-order valence-corrected chi connectivity index (χ1v) is 8.17. The summed E-state index contributed by atoms with van der Waals surface area (Å²) in [5.74, 6) is 1.60. The third-order valence-corrected chi connectivity index (χ3v) is 4.26. The molecule has 7 heteroatoms. The maximum absolute atomic E-state index is 12.4. The molecule has 2 N–H and O–H groups in total. The summed E-state index contributed by atoms with van der Waals surface area (Å²) in [4.78, 5) is 24.7. The molecule has 24 heavy (non-hydrogen) atoms. The van der Waals surface area contributed by atoms with E-state index in [0.717, 1.165) is 25.3 Å². The second-order valence-electron chi connectivity index (χ2n) is 5.97. The Morgan fingerprint density at radius 1 is 1.46 bits per heavy atom. The van der Waals surface area contributed by atoms with Gasteiger partial charge in [-0.05, 0) is 25.5 Å². The number of hydrogen-bond donors (Lipinski definition) is 1. The predicted molar refractivity (Wildman–Crippen MR) is 93.7 cm³/mol. The topological polar surface area (TPSA) is 98.6 Å². The molecule has 2 heterocycles. The van der Waals surface area contributed by atoms with Crippen LogP contribution >= 0.6 is 0 Å². The molecule has 0 bridgehead atoms. The van der Waals surface area contributed by atoms with E-state index in [0.29, 0.717) is 30.8 Å². The number of aliphatic imine (C=N–C) groups is 1. The van der Waals surface area contributed by atoms with Crippen molar-refractivity contribution in [3.63, 3.8) is 0 Å². The highest BCUT2D eigenvalue weighted by molar-refractivity contribution is 5.81. The Bertz CT molecular complexity index is 633. The summed E-state index contributed by atoms with van der Waals surface area (Å²) < 4.78 is 0. The van der Waals surface area contributed by atoms with Gasteiger partial charge in [-0.25, -0.2) is 4.98 Å². The van der Waals surface area contributed by atoms with Gasteiger partial charge < -0.3 is 15.5 Å². The number of pyridine rings is 1. The Morgan fingerprint density at radius 2 is 2.25 bits per heavy atom. The van der Waals surface area contributed by atoms with Crippen LogP contribution in [0.1, 0.15) is 31.7 Å². The summed E-state index contributed by atoms with van der Waals surface area (Å²) in [6.45, 7) is 4.21. The van der Waals surface area contributed by atoms with Gasteiger partial charge in [0.2, 0.25) is 5.91 Å². The maximum atomic E-state index is 12.4. The van der Waals surface area contributed by atoms with E-state index in [1.807, 2.05) is 11.0 Å². The molecule has 2 rings (SSSR count). The number of carbonyl (C=O) groups is 1. The summed E-state index contributed by atoms with van der Waals surface area (Å²) in [6, 6.07) is 5.82. The first kappa shape index (κ1) is 17.7. The molecule has 0 saturated carbocycles. The van der Waals surface area contributed by atoms with E-state index >= 15 is 0 Å². The van der Waals surface area contributed by atoms with Gasteiger partial charge >= 0.3 is 0 Å². The van der Waals surface area contributed by atoms with Crippen molar-refractivity contribution >= 4 is 17.6 Å². The number of nitrogens with two attached hydrogens (primary N) is 1. The Balaban J connectivity index is 1.87. The molecule has 0 spiro atoms. The number of hydrogen-bond acceptors (Lipinski definition) is 5. The third-order valence-electron chi connectivity index (χ3n) is 4.26. The monoisotopic (exact) mass is 328 g/mol. The first-order chi connectivity index (χ1) is 11.5. The van der Waals surface area contributed by atoms with Crippen molar-refractivity contribution in [2.24, 2.45) is 10.7 Å². The van der Waals surface area contributed by atoms with Crippen LogP contribution < -0.4 is 10.6 Å². The number of amides is 1. The molecular weight excluding hydrogens is 304 g/mol. The van der Waals surface area contributed by atoms with Crippen LogP contribution in [0.15, 0.2) is 23.3 Å². The molecule has 0 radical (unpaired) electrons. The van der Waals surface area contributed by atoms with E-state index in [2.05, 4.69) is 27.9 Å². The molecule has 1 fully saturated rings. The lowest BCUT2D eigenvalue weighted by molar-refractivity contribution is -0.133. The highest BCUT2D eigenvalue weighted by atomic mass is 16.2. The van der Waals surface area contributed by atoms with Crippen LogP contribution in [0.5, 0.6) is 0 Å². The number of nitrogens with zero attached hydrogens (tertiary/aromatic N) is 5. The summed E-state index contributed by atoms with van der Waals surface area (Å²) in [5, 5.41) is 8.83. The quantitative estimate of drug-likeness (QED) is 0.646. The minimum atomic E-state index is 0.126. The van der Waals surface area contributed by atoms with Crippen molar-refractivity contribution < 1.29 is 4.79 Å². The highest BCUT2D eigenvalue weighted by Crippen LogP contribution is 2.18. The first-order valence-electron chi connectivity index (χ1n) is 8.17. The third kappa shape index (κ3) is 4.44. The standard InChI is InChI=1S/C17H24N6O/c1-13-12-22(16-7-6-14(10-18)11-21-16)8-9-23(13)17(24)5-3-4-15(19)20-2/h6-7,11,13H,3-5,8-9,12H2,1-2H3,(H2,19,20). The molecule has 1 saturated heterocycles. The zero-order valence-corrected chi connectivity index (χ0v) is 14.3. The fourth-order valence-electron chi connectivity index (χ4n) is 2.85. The highest BCUT2D eigenvalue weighted by Gasteiger charge is 2.27. The second-order valence-corrected chi connectivity index (χ2v) is 5.97. The lowest BCUT2D eigenvalue weighted by Crippen LogP contribution is -2.54. The Kier molecular flexibility index (Phi) is 6.13. The van der Waals surface area contributed by atoms with E-state index in [1.165, 1.54) is 0 Å². The van der Waals surface area contributed by atoms with Gasteiger partial charge in [-0.2, -0.15) is 5.26 Å². The molecule has 1 atom stereocenters. The van der Waals surface area contributed by atoms with Crippen molar-refractivity contribution in [3.05, 3.63) is 23.9 Å². The molecule has 1 aromatic rings. The number of carbonyl (C=O) groups excluding carboxylic acids is 1. The SMILES string of the molecule is CN=C(N)CCCC(=O)N1CCN(c2ccc(C#N)cn2)CC1C. The zero-order chi connectivity index (χ0) is 17.5. The predicted octanol–water partition coefficient (Wildman–Crippen LogP) is 1.15. The van der Waals surface area contributed by atoms with Crippen LogP contribution in [-0.4, -0.2) is 54.4 Å². The summed E-state index contributed by atoms with van der Waals surface area (Å²) in [6.07, 6.45) is 3.46. The Morgan fingerprint density at radius 3 is 2.83 bits per heavy atom.